The van der Waals surface area contributed by atoms with Crippen LogP contribution < -0.4 is 0 Å². The number of rotatable bonds is 5. The van der Waals surface area contributed by atoms with Crippen LogP contribution in [0.5, 0.6) is 0 Å². The molecular formula is C12H24BrN. The van der Waals surface area contributed by atoms with Crippen molar-refractivity contribution >= 4 is 15.9 Å². The predicted octanol–water partition coefficient (Wildman–Crippen LogP) is 3.53. The van der Waals surface area contributed by atoms with E-state index in [-0.39, 0.29) is 0 Å². The van der Waals surface area contributed by atoms with E-state index in [2.05, 4.69) is 34.7 Å². The Balaban J connectivity index is 2.25. The van der Waals surface area contributed by atoms with Crippen LogP contribution in [0.2, 0.25) is 0 Å². The smallest absolute Gasteiger partial charge is 0.00344 e. The summed E-state index contributed by atoms with van der Waals surface area (Å²) in [7, 11) is 0. The summed E-state index contributed by atoms with van der Waals surface area (Å²) in [5.41, 5.74) is 0. The molecule has 0 aliphatic carbocycles. The predicted molar refractivity (Wildman–Crippen MR) is 67.0 cm³/mol. The van der Waals surface area contributed by atoms with Crippen LogP contribution in [0, 0.1) is 11.8 Å². The summed E-state index contributed by atoms with van der Waals surface area (Å²) < 4.78 is 0. The summed E-state index contributed by atoms with van der Waals surface area (Å²) in [6.07, 6.45) is 5.54. The van der Waals surface area contributed by atoms with Gasteiger partial charge in [0.15, 0.2) is 0 Å². The third-order valence-electron chi connectivity index (χ3n) is 3.39. The van der Waals surface area contributed by atoms with Crippen LogP contribution in [0.3, 0.4) is 0 Å². The molecule has 0 spiro atoms. The lowest BCUT2D eigenvalue weighted by Gasteiger charge is -2.34. The van der Waals surface area contributed by atoms with E-state index in [0.29, 0.717) is 0 Å². The maximum Gasteiger partial charge on any atom is 0.00344 e. The fourth-order valence-corrected chi connectivity index (χ4v) is 2.92. The van der Waals surface area contributed by atoms with Gasteiger partial charge in [-0.2, -0.15) is 0 Å². The van der Waals surface area contributed by atoms with Gasteiger partial charge >= 0.3 is 0 Å². The quantitative estimate of drug-likeness (QED) is 0.685. The number of hydrogen-bond acceptors (Lipinski definition) is 1. The molecule has 1 rings (SSSR count). The summed E-state index contributed by atoms with van der Waals surface area (Å²) >= 11 is 3.55. The van der Waals surface area contributed by atoms with Crippen LogP contribution in [0.15, 0.2) is 0 Å². The Morgan fingerprint density at radius 1 is 1.50 bits per heavy atom. The number of alkyl halides is 1. The van der Waals surface area contributed by atoms with Gasteiger partial charge in [-0.25, -0.2) is 0 Å². The fourth-order valence-electron chi connectivity index (χ4n) is 2.28. The zero-order valence-corrected chi connectivity index (χ0v) is 11.2. The number of likely N-dealkylation sites (tertiary alicyclic amines) is 1. The molecule has 2 heteroatoms. The monoisotopic (exact) mass is 261 g/mol. The molecular weight excluding hydrogens is 238 g/mol. The Morgan fingerprint density at radius 2 is 2.29 bits per heavy atom. The molecule has 2 atom stereocenters. The highest BCUT2D eigenvalue weighted by Crippen LogP contribution is 2.21. The lowest BCUT2D eigenvalue weighted by molar-refractivity contribution is 0.152. The van der Waals surface area contributed by atoms with Gasteiger partial charge in [-0.1, -0.05) is 36.2 Å². The van der Waals surface area contributed by atoms with E-state index >= 15 is 0 Å². The second-order valence-corrected chi connectivity index (χ2v) is 5.55. The highest BCUT2D eigenvalue weighted by atomic mass is 79.9. The first-order valence-electron chi connectivity index (χ1n) is 6.04. The normalized spacial score (nSPS) is 26.4. The molecule has 1 heterocycles. The van der Waals surface area contributed by atoms with Gasteiger partial charge in [0.1, 0.15) is 0 Å². The zero-order valence-electron chi connectivity index (χ0n) is 9.64. The van der Waals surface area contributed by atoms with Crippen molar-refractivity contribution in [3.05, 3.63) is 0 Å². The molecule has 1 aliphatic rings. The van der Waals surface area contributed by atoms with Crippen molar-refractivity contribution in [3.63, 3.8) is 0 Å². The third-order valence-corrected chi connectivity index (χ3v) is 3.85. The average molecular weight is 262 g/mol. The first-order chi connectivity index (χ1) is 6.76. The number of nitrogens with zero attached hydrogens (tertiary/aromatic N) is 1. The van der Waals surface area contributed by atoms with Gasteiger partial charge in [0.25, 0.3) is 0 Å². The lowest BCUT2D eigenvalue weighted by Crippen LogP contribution is -2.38. The van der Waals surface area contributed by atoms with Crippen molar-refractivity contribution in [1.29, 1.82) is 0 Å². The molecule has 2 unspecified atom stereocenters. The highest BCUT2D eigenvalue weighted by Gasteiger charge is 2.19. The summed E-state index contributed by atoms with van der Waals surface area (Å²) in [6, 6.07) is 0. The van der Waals surface area contributed by atoms with Crippen molar-refractivity contribution in [1.82, 2.24) is 4.90 Å². The van der Waals surface area contributed by atoms with Gasteiger partial charge < -0.3 is 4.90 Å². The van der Waals surface area contributed by atoms with Crippen molar-refractivity contribution < 1.29 is 0 Å². The summed E-state index contributed by atoms with van der Waals surface area (Å²) in [5, 5.41) is 1.18. The Labute approximate surface area is 97.4 Å². The van der Waals surface area contributed by atoms with Gasteiger partial charge in [-0.05, 0) is 37.6 Å². The van der Waals surface area contributed by atoms with Crippen LogP contribution in [-0.2, 0) is 0 Å². The molecule has 84 valence electrons. The van der Waals surface area contributed by atoms with E-state index in [9.17, 15) is 0 Å². The summed E-state index contributed by atoms with van der Waals surface area (Å²) in [6.45, 7) is 8.66. The standard InChI is InChI=1S/C12H24BrN/c1-3-11(2)9-14-8-4-5-12(10-14)6-7-13/h11-12H,3-10H2,1-2H3. The highest BCUT2D eigenvalue weighted by molar-refractivity contribution is 9.09. The van der Waals surface area contributed by atoms with Gasteiger partial charge in [0.05, 0.1) is 0 Å². The van der Waals surface area contributed by atoms with E-state index in [1.807, 2.05) is 0 Å². The molecule has 1 fully saturated rings. The summed E-state index contributed by atoms with van der Waals surface area (Å²) in [4.78, 5) is 2.67. The topological polar surface area (TPSA) is 3.24 Å². The molecule has 0 bridgehead atoms. The first kappa shape index (κ1) is 12.5. The summed E-state index contributed by atoms with van der Waals surface area (Å²) in [5.74, 6) is 1.82. The van der Waals surface area contributed by atoms with E-state index in [0.717, 1.165) is 11.8 Å². The molecule has 1 nitrogen and oxygen atoms in total. The van der Waals surface area contributed by atoms with Gasteiger partial charge in [-0.3, -0.25) is 0 Å². The van der Waals surface area contributed by atoms with E-state index in [1.165, 1.54) is 50.6 Å². The van der Waals surface area contributed by atoms with Crippen molar-refractivity contribution in [2.75, 3.05) is 25.0 Å². The van der Waals surface area contributed by atoms with Gasteiger partial charge in [-0.15, -0.1) is 0 Å². The molecule has 0 radical (unpaired) electrons. The van der Waals surface area contributed by atoms with E-state index in [1.54, 1.807) is 0 Å². The van der Waals surface area contributed by atoms with Gasteiger partial charge in [0, 0.05) is 18.4 Å². The zero-order chi connectivity index (χ0) is 10.4. The lowest BCUT2D eigenvalue weighted by atomic mass is 9.94. The molecule has 0 aromatic rings. The SMILES string of the molecule is CCC(C)CN1CCCC(CCBr)C1. The first-order valence-corrected chi connectivity index (χ1v) is 7.16. The minimum Gasteiger partial charge on any atom is -0.303 e. The molecule has 14 heavy (non-hydrogen) atoms. The molecule has 1 saturated heterocycles. The maximum absolute atomic E-state index is 3.55. The second kappa shape index (κ2) is 6.84. The van der Waals surface area contributed by atoms with Crippen LogP contribution in [-0.4, -0.2) is 29.9 Å². The van der Waals surface area contributed by atoms with Crippen LogP contribution in [0.25, 0.3) is 0 Å². The number of hydrogen-bond donors (Lipinski definition) is 0. The molecule has 0 aromatic carbocycles. The molecule has 0 saturated carbocycles. The Kier molecular flexibility index (Phi) is 6.11. The van der Waals surface area contributed by atoms with Crippen molar-refractivity contribution in [2.45, 2.75) is 39.5 Å². The number of piperidine rings is 1. The van der Waals surface area contributed by atoms with Crippen LogP contribution in [0.4, 0.5) is 0 Å². The molecule has 0 N–H and O–H groups in total. The molecule has 1 aliphatic heterocycles. The van der Waals surface area contributed by atoms with E-state index in [4.69, 9.17) is 0 Å². The van der Waals surface area contributed by atoms with Crippen LogP contribution >= 0.6 is 15.9 Å². The molecule has 0 amide bonds. The largest absolute Gasteiger partial charge is 0.303 e. The Morgan fingerprint density at radius 3 is 2.93 bits per heavy atom. The third kappa shape index (κ3) is 4.31. The molecule has 0 aromatic heterocycles. The average Bonchev–Trinajstić information content (AvgIpc) is 2.19. The van der Waals surface area contributed by atoms with Crippen LogP contribution in [0.1, 0.15) is 39.5 Å². The minimum atomic E-state index is 0.873. The van der Waals surface area contributed by atoms with Crippen molar-refractivity contribution in [3.8, 4) is 0 Å². The Bertz CT molecular complexity index is 147. The van der Waals surface area contributed by atoms with E-state index < -0.39 is 0 Å². The maximum atomic E-state index is 3.55. The minimum absolute atomic E-state index is 0.873. The number of halogens is 1. The second-order valence-electron chi connectivity index (χ2n) is 4.76. The van der Waals surface area contributed by atoms with Crippen molar-refractivity contribution in [2.24, 2.45) is 11.8 Å². The van der Waals surface area contributed by atoms with Gasteiger partial charge in [0.2, 0.25) is 0 Å². The fraction of sp³-hybridized carbons (Fsp3) is 1.00. The Hall–Kier alpha value is 0.440.